The predicted molar refractivity (Wildman–Crippen MR) is 291 cm³/mol. The molecule has 0 radical (unpaired) electrons. The van der Waals surface area contributed by atoms with Gasteiger partial charge in [0.15, 0.2) is 35.3 Å². The van der Waals surface area contributed by atoms with Crippen molar-refractivity contribution in [2.75, 3.05) is 0 Å². The van der Waals surface area contributed by atoms with E-state index in [4.69, 9.17) is 13.3 Å². The van der Waals surface area contributed by atoms with Crippen LogP contribution in [-0.2, 0) is 21.1 Å². The SMILES string of the molecule is Cc1ccc(-c2c(C)ccc3c2oc2nc(C)ccc23)[n+](C)c1.Cc1ccc2c(n1)oc1c(-c3cc(C(C)C)cc[n+]3C)c(C)ccc12.Cc1ccc2c(n1)oc1c(-c3cc(C)c(C)c[n+]3C)c(C)ccc12. The highest BCUT2D eigenvalue weighted by atomic mass is 16.3. The Morgan fingerprint density at radius 1 is 0.375 bits per heavy atom. The van der Waals surface area contributed by atoms with Crippen LogP contribution >= 0.6 is 0 Å². The molecule has 0 fully saturated rings. The average molecular weight is 952 g/mol. The molecule has 9 heteroatoms. The highest BCUT2D eigenvalue weighted by Crippen LogP contribution is 2.39. The van der Waals surface area contributed by atoms with E-state index < -0.39 is 0 Å². The summed E-state index contributed by atoms with van der Waals surface area (Å²) < 4.78 is 25.1. The van der Waals surface area contributed by atoms with Gasteiger partial charge in [-0.3, -0.25) is 0 Å². The fourth-order valence-corrected chi connectivity index (χ4v) is 10.0. The standard InChI is InChI=1S/C22H23N2O.C21H21N2O.C20H19N2O/c1-13(2)16-10-11-24(5)19(12-16)20-14(3)6-8-17-18-9-7-15(4)23-22(18)25-21(17)20;1-12-6-8-16-17-9-7-15(4)22-21(17)24-20(16)19(12)18-10-13(2)14(3)11-23(18)5;1-12-5-10-17(22(4)11-12)18-13(2)6-8-15-16-9-7-14(3)21-20(16)23-19(15)18/h6-13H,1-5H3;6-11H,1-5H3;5-11H,1-4H3/q3*+1. The predicted octanol–water partition coefficient (Wildman–Crippen LogP) is 14.3. The number of aromatic nitrogens is 6. The Hall–Kier alpha value is -8.04. The van der Waals surface area contributed by atoms with Crippen LogP contribution in [0.3, 0.4) is 0 Å². The zero-order valence-electron chi connectivity index (χ0n) is 44.0. The maximum Gasteiger partial charge on any atom is 0.227 e. The van der Waals surface area contributed by atoms with Crippen LogP contribution in [-0.4, -0.2) is 15.0 Å². The molecule has 0 aliphatic rings. The van der Waals surface area contributed by atoms with Crippen LogP contribution in [0.1, 0.15) is 75.8 Å². The van der Waals surface area contributed by atoms with Crippen molar-refractivity contribution in [1.82, 2.24) is 15.0 Å². The molecule has 0 amide bonds. The Balaban J connectivity index is 0.000000124. The summed E-state index contributed by atoms with van der Waals surface area (Å²) in [5, 5.41) is 6.58. The number of rotatable bonds is 4. The topological polar surface area (TPSA) is 89.7 Å². The Labute approximate surface area is 421 Å². The van der Waals surface area contributed by atoms with Crippen LogP contribution in [0.2, 0.25) is 0 Å². The largest absolute Gasteiger partial charge is 0.437 e. The number of fused-ring (bicyclic) bond motifs is 9. The van der Waals surface area contributed by atoms with Crippen molar-refractivity contribution < 1.29 is 27.0 Å². The van der Waals surface area contributed by atoms with E-state index in [1.807, 2.05) is 39.0 Å². The summed E-state index contributed by atoms with van der Waals surface area (Å²) >= 11 is 0. The van der Waals surface area contributed by atoms with Crippen LogP contribution in [0.15, 0.2) is 135 Å². The van der Waals surface area contributed by atoms with Crippen LogP contribution in [0.4, 0.5) is 0 Å². The van der Waals surface area contributed by atoms with E-state index in [-0.39, 0.29) is 0 Å². The fourth-order valence-electron chi connectivity index (χ4n) is 10.0. The van der Waals surface area contributed by atoms with Crippen molar-refractivity contribution >= 4 is 66.2 Å². The lowest BCUT2D eigenvalue weighted by atomic mass is 9.97. The molecule has 0 saturated heterocycles. The first-order valence-electron chi connectivity index (χ1n) is 24.8. The average Bonchev–Trinajstić information content (AvgIpc) is 4.01. The minimum absolute atomic E-state index is 0.486. The van der Waals surface area contributed by atoms with Crippen molar-refractivity contribution in [2.24, 2.45) is 21.1 Å². The van der Waals surface area contributed by atoms with E-state index in [1.54, 1.807) is 0 Å². The minimum atomic E-state index is 0.486. The third-order valence-corrected chi connectivity index (χ3v) is 14.2. The molecule has 9 aromatic heterocycles. The van der Waals surface area contributed by atoms with Gasteiger partial charge in [-0.1, -0.05) is 50.2 Å². The third-order valence-electron chi connectivity index (χ3n) is 14.2. The molecule has 0 spiro atoms. The molecule has 360 valence electrons. The molecule has 0 aliphatic carbocycles. The molecule has 9 nitrogen and oxygen atoms in total. The Morgan fingerprint density at radius 3 is 1.21 bits per heavy atom. The monoisotopic (exact) mass is 951 g/mol. The number of aryl methyl sites for hydroxylation is 12. The number of hydrogen-bond donors (Lipinski definition) is 0. The third kappa shape index (κ3) is 8.56. The first-order chi connectivity index (χ1) is 34.4. The van der Waals surface area contributed by atoms with E-state index in [1.165, 1.54) is 44.6 Å². The number of nitrogens with zero attached hydrogens (tertiary/aromatic N) is 6. The van der Waals surface area contributed by atoms with Gasteiger partial charge in [-0.05, 0) is 139 Å². The van der Waals surface area contributed by atoms with Gasteiger partial charge < -0.3 is 13.3 Å². The maximum absolute atomic E-state index is 6.23. The summed E-state index contributed by atoms with van der Waals surface area (Å²) in [6.45, 7) is 23.2. The first-order valence-corrected chi connectivity index (χ1v) is 24.8. The zero-order chi connectivity index (χ0) is 50.9. The summed E-state index contributed by atoms with van der Waals surface area (Å²) in [4.78, 5) is 13.7. The van der Waals surface area contributed by atoms with Crippen molar-refractivity contribution in [2.45, 2.75) is 82.1 Å². The lowest BCUT2D eigenvalue weighted by Crippen LogP contribution is -2.31. The van der Waals surface area contributed by atoms with Crippen LogP contribution in [0, 0.1) is 62.3 Å². The molecule has 0 N–H and O–H groups in total. The van der Waals surface area contributed by atoms with E-state index in [2.05, 4.69) is 209 Å². The molecule has 0 saturated carbocycles. The van der Waals surface area contributed by atoms with Gasteiger partial charge in [0.2, 0.25) is 34.2 Å². The maximum atomic E-state index is 6.23. The molecule has 12 rings (SSSR count). The smallest absolute Gasteiger partial charge is 0.227 e. The second-order valence-electron chi connectivity index (χ2n) is 20.1. The number of pyridine rings is 6. The number of furan rings is 3. The van der Waals surface area contributed by atoms with Gasteiger partial charge in [0.1, 0.15) is 21.1 Å². The van der Waals surface area contributed by atoms with Crippen LogP contribution < -0.4 is 13.7 Å². The number of benzene rings is 3. The molecular weight excluding hydrogens is 889 g/mol. The van der Waals surface area contributed by atoms with E-state index in [9.17, 15) is 0 Å². The molecule has 9 heterocycles. The highest BCUT2D eigenvalue weighted by Gasteiger charge is 2.25. The Kier molecular flexibility index (Phi) is 12.3. The fraction of sp³-hybridized carbons (Fsp3) is 0.238. The van der Waals surface area contributed by atoms with Gasteiger partial charge in [0.05, 0.1) is 16.7 Å². The summed E-state index contributed by atoms with van der Waals surface area (Å²) in [6, 6.07) is 36.3. The first kappa shape index (κ1) is 47.6. The summed E-state index contributed by atoms with van der Waals surface area (Å²) in [6.07, 6.45) is 6.45. The van der Waals surface area contributed by atoms with Gasteiger partial charge in [0, 0.05) is 84.8 Å². The highest BCUT2D eigenvalue weighted by molar-refractivity contribution is 6.10. The van der Waals surface area contributed by atoms with Gasteiger partial charge >= 0.3 is 0 Å². The Bertz CT molecular complexity index is 4120. The molecule has 0 atom stereocenters. The number of hydrogen-bond acceptors (Lipinski definition) is 6. The van der Waals surface area contributed by atoms with Crippen molar-refractivity contribution in [1.29, 1.82) is 0 Å². The molecule has 0 unspecified atom stereocenters. The van der Waals surface area contributed by atoms with E-state index in [0.717, 1.165) is 94.2 Å². The van der Waals surface area contributed by atoms with Crippen molar-refractivity contribution in [3.05, 3.63) is 178 Å². The molecular formula is C63H63N6O3+3. The molecule has 0 aliphatic heterocycles. The zero-order valence-corrected chi connectivity index (χ0v) is 44.0. The molecule has 72 heavy (non-hydrogen) atoms. The van der Waals surface area contributed by atoms with Gasteiger partial charge in [-0.15, -0.1) is 0 Å². The van der Waals surface area contributed by atoms with Crippen molar-refractivity contribution in [3.8, 4) is 33.8 Å². The normalized spacial score (nSPS) is 11.6. The molecule has 0 bridgehead atoms. The molecule has 3 aromatic carbocycles. The second kappa shape index (κ2) is 18.6. The van der Waals surface area contributed by atoms with Gasteiger partial charge in [0.25, 0.3) is 0 Å². The minimum Gasteiger partial charge on any atom is -0.437 e. The van der Waals surface area contributed by atoms with Crippen molar-refractivity contribution in [3.63, 3.8) is 0 Å². The summed E-state index contributed by atoms with van der Waals surface area (Å²) in [5.74, 6) is 0.486. The van der Waals surface area contributed by atoms with Gasteiger partial charge in [-0.2, -0.15) is 0 Å². The second-order valence-corrected chi connectivity index (χ2v) is 20.1. The van der Waals surface area contributed by atoms with E-state index in [0.29, 0.717) is 23.1 Å². The van der Waals surface area contributed by atoms with Gasteiger partial charge in [-0.25, -0.2) is 28.7 Å². The lowest BCUT2D eigenvalue weighted by molar-refractivity contribution is -0.660. The molecule has 12 aromatic rings. The van der Waals surface area contributed by atoms with Crippen LogP contribution in [0.5, 0.6) is 0 Å². The summed E-state index contributed by atoms with van der Waals surface area (Å²) in [5.41, 5.74) is 23.5. The summed E-state index contributed by atoms with van der Waals surface area (Å²) in [7, 11) is 6.25. The van der Waals surface area contributed by atoms with Crippen LogP contribution in [0.25, 0.3) is 100.0 Å². The lowest BCUT2D eigenvalue weighted by Gasteiger charge is -2.09. The quantitative estimate of drug-likeness (QED) is 0.163. The Morgan fingerprint density at radius 2 is 0.778 bits per heavy atom. The van der Waals surface area contributed by atoms with E-state index >= 15 is 0 Å².